The summed E-state index contributed by atoms with van der Waals surface area (Å²) in [6, 6.07) is 7.99. The number of thiophene rings is 1. The molecular weight excluding hydrogens is 324 g/mol. The Labute approximate surface area is 142 Å². The Balaban J connectivity index is 1.75. The smallest absolute Gasteiger partial charge is 0.181 e. The topological polar surface area (TPSA) is 73.1 Å². The molecule has 4 rings (SSSR count). The molecule has 1 atom stereocenters. The maximum Gasteiger partial charge on any atom is 0.181 e. The molecule has 24 heavy (non-hydrogen) atoms. The summed E-state index contributed by atoms with van der Waals surface area (Å²) < 4.78 is 6.76. The molecule has 0 aliphatic heterocycles. The van der Waals surface area contributed by atoms with Crippen LogP contribution in [0.4, 0.5) is 0 Å². The molecule has 0 bridgehead atoms. The van der Waals surface area contributed by atoms with Gasteiger partial charge < -0.3 is 9.84 Å². The molecule has 0 saturated carbocycles. The first-order valence-electron chi connectivity index (χ1n) is 7.51. The minimum atomic E-state index is -0.619. The van der Waals surface area contributed by atoms with Gasteiger partial charge in [0.15, 0.2) is 5.65 Å². The highest BCUT2D eigenvalue weighted by Crippen LogP contribution is 2.31. The molecule has 122 valence electrons. The molecule has 0 unspecified atom stereocenters. The van der Waals surface area contributed by atoms with Crippen molar-refractivity contribution in [3.63, 3.8) is 0 Å². The number of aliphatic hydroxyl groups excluding tert-OH is 1. The van der Waals surface area contributed by atoms with Crippen molar-refractivity contribution in [3.05, 3.63) is 41.5 Å². The summed E-state index contributed by atoms with van der Waals surface area (Å²) in [5.74, 6) is 0. The van der Waals surface area contributed by atoms with Gasteiger partial charge in [0.2, 0.25) is 0 Å². The third-order valence-electron chi connectivity index (χ3n) is 3.82. The van der Waals surface area contributed by atoms with Crippen LogP contribution in [0.1, 0.15) is 11.0 Å². The summed E-state index contributed by atoms with van der Waals surface area (Å²) in [7, 11) is 3.46. The van der Waals surface area contributed by atoms with E-state index in [2.05, 4.69) is 10.1 Å². The van der Waals surface area contributed by atoms with Crippen molar-refractivity contribution in [2.75, 3.05) is 13.7 Å². The van der Waals surface area contributed by atoms with Gasteiger partial charge in [-0.25, -0.2) is 9.97 Å². The second kappa shape index (κ2) is 5.94. The predicted octanol–water partition coefficient (Wildman–Crippen LogP) is 2.92. The van der Waals surface area contributed by atoms with Gasteiger partial charge in [0.05, 0.1) is 12.3 Å². The molecule has 0 aliphatic carbocycles. The van der Waals surface area contributed by atoms with E-state index in [-0.39, 0.29) is 6.61 Å². The fourth-order valence-corrected chi connectivity index (χ4v) is 3.68. The number of hydrogen-bond acceptors (Lipinski definition) is 6. The van der Waals surface area contributed by atoms with E-state index in [1.165, 1.54) is 11.3 Å². The van der Waals surface area contributed by atoms with Gasteiger partial charge in [0.25, 0.3) is 0 Å². The van der Waals surface area contributed by atoms with Crippen LogP contribution in [-0.4, -0.2) is 38.6 Å². The zero-order valence-electron chi connectivity index (χ0n) is 13.3. The van der Waals surface area contributed by atoms with Crippen LogP contribution in [0.3, 0.4) is 0 Å². The Bertz CT molecular complexity index is 1020. The van der Waals surface area contributed by atoms with E-state index < -0.39 is 6.10 Å². The Kier molecular flexibility index (Phi) is 3.76. The van der Waals surface area contributed by atoms with Gasteiger partial charge in [-0.3, -0.25) is 4.68 Å². The number of hydrogen-bond donors (Lipinski definition) is 1. The number of aromatic nitrogens is 4. The lowest BCUT2D eigenvalue weighted by Gasteiger charge is -2.04. The van der Waals surface area contributed by atoms with Crippen LogP contribution in [0, 0.1) is 0 Å². The molecule has 6 nitrogen and oxygen atoms in total. The second-order valence-corrected chi connectivity index (χ2v) is 6.71. The number of aliphatic hydroxyl groups is 1. The van der Waals surface area contributed by atoms with Crippen molar-refractivity contribution < 1.29 is 9.84 Å². The molecule has 4 aromatic heterocycles. The SMILES string of the molecule is COC[C@@H](O)c1cc2ccc(-c3cnc4nn(C)cc4c3)nc2s1. The maximum absolute atomic E-state index is 10.1. The molecular formula is C17H16N4O2S. The molecule has 0 fully saturated rings. The molecule has 0 aliphatic rings. The number of fused-ring (bicyclic) bond motifs is 2. The molecule has 0 aromatic carbocycles. The van der Waals surface area contributed by atoms with Crippen molar-refractivity contribution in [2.45, 2.75) is 6.10 Å². The zero-order chi connectivity index (χ0) is 16.7. The number of pyridine rings is 2. The summed E-state index contributed by atoms with van der Waals surface area (Å²) in [5, 5.41) is 16.4. The molecule has 0 saturated heterocycles. The summed E-state index contributed by atoms with van der Waals surface area (Å²) >= 11 is 1.48. The van der Waals surface area contributed by atoms with E-state index in [9.17, 15) is 5.11 Å². The summed E-state index contributed by atoms with van der Waals surface area (Å²) in [6.45, 7) is 0.279. The molecule has 4 aromatic rings. The minimum Gasteiger partial charge on any atom is -0.385 e. The highest BCUT2D eigenvalue weighted by atomic mass is 32.1. The van der Waals surface area contributed by atoms with Crippen molar-refractivity contribution in [3.8, 4) is 11.3 Å². The van der Waals surface area contributed by atoms with Crippen LogP contribution >= 0.6 is 11.3 Å². The van der Waals surface area contributed by atoms with Crippen molar-refractivity contribution in [1.29, 1.82) is 0 Å². The van der Waals surface area contributed by atoms with E-state index in [0.717, 1.165) is 37.4 Å². The maximum atomic E-state index is 10.1. The van der Waals surface area contributed by atoms with Crippen LogP contribution < -0.4 is 0 Å². The van der Waals surface area contributed by atoms with Crippen LogP contribution in [0.2, 0.25) is 0 Å². The number of ether oxygens (including phenoxy) is 1. The fraction of sp³-hybridized carbons (Fsp3) is 0.235. The number of methoxy groups -OCH3 is 1. The molecule has 0 radical (unpaired) electrons. The van der Waals surface area contributed by atoms with Gasteiger partial charge >= 0.3 is 0 Å². The minimum absolute atomic E-state index is 0.279. The number of aryl methyl sites for hydroxylation is 1. The van der Waals surface area contributed by atoms with Gasteiger partial charge in [-0.2, -0.15) is 5.10 Å². The molecule has 4 heterocycles. The average molecular weight is 340 g/mol. The Morgan fingerprint density at radius 2 is 2.17 bits per heavy atom. The Hall–Kier alpha value is -2.35. The van der Waals surface area contributed by atoms with Crippen LogP contribution in [-0.2, 0) is 11.8 Å². The first-order valence-corrected chi connectivity index (χ1v) is 8.33. The molecule has 0 amide bonds. The van der Waals surface area contributed by atoms with Crippen molar-refractivity contribution in [2.24, 2.45) is 7.05 Å². The monoisotopic (exact) mass is 340 g/mol. The lowest BCUT2D eigenvalue weighted by Crippen LogP contribution is -2.02. The standard InChI is InChI=1S/C17H16N4O2S/c1-21-8-12-5-11(7-18-16(12)20-21)13-4-3-10-6-15(14(22)9-23-2)24-17(10)19-13/h3-8,14,22H,9H2,1-2H3/t14-/m1/s1. The largest absolute Gasteiger partial charge is 0.385 e. The lowest BCUT2D eigenvalue weighted by molar-refractivity contribution is 0.0667. The van der Waals surface area contributed by atoms with Crippen molar-refractivity contribution in [1.82, 2.24) is 19.7 Å². The molecule has 0 spiro atoms. The van der Waals surface area contributed by atoms with E-state index in [0.29, 0.717) is 0 Å². The zero-order valence-corrected chi connectivity index (χ0v) is 14.1. The number of rotatable bonds is 4. The van der Waals surface area contributed by atoms with E-state index >= 15 is 0 Å². The first kappa shape index (κ1) is 15.2. The second-order valence-electron chi connectivity index (χ2n) is 5.65. The van der Waals surface area contributed by atoms with Crippen LogP contribution in [0.5, 0.6) is 0 Å². The van der Waals surface area contributed by atoms with Crippen LogP contribution in [0.25, 0.3) is 32.5 Å². The third-order valence-corrected chi connectivity index (χ3v) is 4.97. The molecule has 1 N–H and O–H groups in total. The average Bonchev–Trinajstić information content (AvgIpc) is 3.15. The van der Waals surface area contributed by atoms with Gasteiger partial charge in [0, 0.05) is 47.8 Å². The van der Waals surface area contributed by atoms with Gasteiger partial charge in [-0.05, 0) is 24.3 Å². The van der Waals surface area contributed by atoms with E-state index in [4.69, 9.17) is 9.72 Å². The lowest BCUT2D eigenvalue weighted by atomic mass is 10.1. The van der Waals surface area contributed by atoms with E-state index in [1.54, 1.807) is 18.0 Å². The summed E-state index contributed by atoms with van der Waals surface area (Å²) in [4.78, 5) is 10.9. The van der Waals surface area contributed by atoms with Crippen molar-refractivity contribution >= 4 is 32.6 Å². The number of nitrogens with zero attached hydrogens (tertiary/aromatic N) is 4. The highest BCUT2D eigenvalue weighted by Gasteiger charge is 2.13. The quantitative estimate of drug-likeness (QED) is 0.618. The molecule has 7 heteroatoms. The van der Waals surface area contributed by atoms with Gasteiger partial charge in [0.1, 0.15) is 10.9 Å². The third kappa shape index (κ3) is 2.66. The van der Waals surface area contributed by atoms with E-state index in [1.807, 2.05) is 37.5 Å². The highest BCUT2D eigenvalue weighted by molar-refractivity contribution is 7.18. The predicted molar refractivity (Wildman–Crippen MR) is 94.0 cm³/mol. The van der Waals surface area contributed by atoms with Gasteiger partial charge in [-0.15, -0.1) is 11.3 Å². The first-order chi connectivity index (χ1) is 11.6. The Morgan fingerprint density at radius 3 is 3.00 bits per heavy atom. The summed E-state index contributed by atoms with van der Waals surface area (Å²) in [5.41, 5.74) is 2.53. The normalized spacial score (nSPS) is 13.0. The van der Waals surface area contributed by atoms with Crippen LogP contribution in [0.15, 0.2) is 36.7 Å². The Morgan fingerprint density at radius 1 is 1.29 bits per heavy atom. The summed E-state index contributed by atoms with van der Waals surface area (Å²) in [6.07, 6.45) is 3.11. The fourth-order valence-electron chi connectivity index (χ4n) is 2.67. The van der Waals surface area contributed by atoms with Gasteiger partial charge in [-0.1, -0.05) is 0 Å².